The molecule has 1 rings (SSSR count). The van der Waals surface area contributed by atoms with Gasteiger partial charge in [-0.15, -0.1) is 11.3 Å². The lowest BCUT2D eigenvalue weighted by Gasteiger charge is -2.06. The molecule has 1 atom stereocenters. The molecule has 0 bridgehead atoms. The number of carboxylic acid groups (broad SMARTS) is 1. The van der Waals surface area contributed by atoms with E-state index in [1.807, 2.05) is 6.07 Å². The van der Waals surface area contributed by atoms with Gasteiger partial charge in [0.25, 0.3) is 0 Å². The van der Waals surface area contributed by atoms with Gasteiger partial charge in [0.1, 0.15) is 4.34 Å². The van der Waals surface area contributed by atoms with E-state index in [9.17, 15) is 4.79 Å². The molecule has 0 aliphatic rings. The van der Waals surface area contributed by atoms with Crippen LogP contribution in [-0.4, -0.2) is 11.1 Å². The van der Waals surface area contributed by atoms with Gasteiger partial charge in [0.2, 0.25) is 0 Å². The molecule has 6 heteroatoms. The van der Waals surface area contributed by atoms with Crippen molar-refractivity contribution in [3.8, 4) is 0 Å². The summed E-state index contributed by atoms with van der Waals surface area (Å²) < 4.78 is 1.45. The van der Waals surface area contributed by atoms with Crippen LogP contribution in [0.3, 0.4) is 0 Å². The fourth-order valence-corrected chi connectivity index (χ4v) is 2.74. The van der Waals surface area contributed by atoms with Crippen LogP contribution in [0.5, 0.6) is 0 Å². The van der Waals surface area contributed by atoms with Gasteiger partial charge < -0.3 is 10.8 Å². The van der Waals surface area contributed by atoms with Crippen LogP contribution < -0.4 is 5.73 Å². The maximum atomic E-state index is 10.3. The van der Waals surface area contributed by atoms with Crippen molar-refractivity contribution < 1.29 is 9.90 Å². The van der Waals surface area contributed by atoms with Crippen molar-refractivity contribution in [1.29, 1.82) is 0 Å². The van der Waals surface area contributed by atoms with Gasteiger partial charge in [-0.3, -0.25) is 4.79 Å². The highest BCUT2D eigenvalue weighted by Gasteiger charge is 2.13. The Hall–Kier alpha value is -0.100. The van der Waals surface area contributed by atoms with Gasteiger partial charge in [-0.25, -0.2) is 0 Å². The smallest absolute Gasteiger partial charge is 0.303 e. The molecule has 0 amide bonds. The van der Waals surface area contributed by atoms with Crippen molar-refractivity contribution in [2.45, 2.75) is 18.9 Å². The number of carbonyl (C=O) groups is 1. The van der Waals surface area contributed by atoms with Gasteiger partial charge in [-0.05, 0) is 28.4 Å². The maximum absolute atomic E-state index is 10.3. The Kier molecular flexibility index (Phi) is 4.37. The van der Waals surface area contributed by atoms with Crippen LogP contribution in [0.2, 0.25) is 4.34 Å². The van der Waals surface area contributed by atoms with E-state index in [2.05, 4.69) is 15.9 Å². The zero-order chi connectivity index (χ0) is 10.7. The second-order valence-electron chi connectivity index (χ2n) is 2.81. The van der Waals surface area contributed by atoms with Crippen LogP contribution in [0.4, 0.5) is 0 Å². The molecule has 0 radical (unpaired) electrons. The molecule has 1 heterocycles. The highest BCUT2D eigenvalue weighted by atomic mass is 79.9. The molecule has 3 N–H and O–H groups in total. The molecular formula is C8H9BrClNO2S. The second-order valence-corrected chi connectivity index (χ2v) is 5.35. The van der Waals surface area contributed by atoms with Crippen LogP contribution in [0.15, 0.2) is 10.5 Å². The van der Waals surface area contributed by atoms with Crippen LogP contribution in [0.25, 0.3) is 0 Å². The molecule has 1 unspecified atom stereocenters. The molecule has 0 aromatic carbocycles. The van der Waals surface area contributed by atoms with E-state index in [-0.39, 0.29) is 12.5 Å². The van der Waals surface area contributed by atoms with Gasteiger partial charge in [0.05, 0.1) is 0 Å². The SMILES string of the molecule is NC(CCC(=O)O)c1cc(Br)c(Cl)s1. The normalized spacial score (nSPS) is 12.8. The predicted molar refractivity (Wildman–Crippen MR) is 60.8 cm³/mol. The minimum absolute atomic E-state index is 0.0777. The maximum Gasteiger partial charge on any atom is 0.303 e. The Labute approximate surface area is 99.0 Å². The van der Waals surface area contributed by atoms with E-state index in [4.69, 9.17) is 22.4 Å². The fourth-order valence-electron chi connectivity index (χ4n) is 0.967. The Morgan fingerprint density at radius 1 is 1.79 bits per heavy atom. The fraction of sp³-hybridized carbons (Fsp3) is 0.375. The minimum Gasteiger partial charge on any atom is -0.481 e. The van der Waals surface area contributed by atoms with E-state index in [0.29, 0.717) is 10.8 Å². The molecule has 0 saturated heterocycles. The van der Waals surface area contributed by atoms with Gasteiger partial charge in [0, 0.05) is 21.8 Å². The molecule has 0 aliphatic heterocycles. The molecule has 3 nitrogen and oxygen atoms in total. The Bertz CT molecular complexity index is 323. The first-order valence-corrected chi connectivity index (χ1v) is 5.91. The molecule has 0 saturated carbocycles. The van der Waals surface area contributed by atoms with E-state index in [0.717, 1.165) is 9.35 Å². The van der Waals surface area contributed by atoms with Gasteiger partial charge in [-0.2, -0.15) is 0 Å². The first kappa shape index (κ1) is 12.0. The summed E-state index contributed by atoms with van der Waals surface area (Å²) in [4.78, 5) is 11.2. The number of hydrogen-bond acceptors (Lipinski definition) is 3. The van der Waals surface area contributed by atoms with Crippen molar-refractivity contribution in [1.82, 2.24) is 0 Å². The average Bonchev–Trinajstić information content (AvgIpc) is 2.43. The summed E-state index contributed by atoms with van der Waals surface area (Å²) >= 11 is 10.5. The standard InChI is InChI=1S/C8H9BrClNO2S/c9-4-3-6(14-8(4)10)5(11)1-2-7(12)13/h3,5H,1-2,11H2,(H,12,13). The number of aliphatic carboxylic acids is 1. The average molecular weight is 299 g/mol. The lowest BCUT2D eigenvalue weighted by molar-refractivity contribution is -0.137. The Morgan fingerprint density at radius 2 is 2.43 bits per heavy atom. The minimum atomic E-state index is -0.831. The molecule has 0 spiro atoms. The van der Waals surface area contributed by atoms with Crippen molar-refractivity contribution in [3.05, 3.63) is 19.8 Å². The highest BCUT2D eigenvalue weighted by molar-refractivity contribution is 9.10. The number of carboxylic acids is 1. The summed E-state index contributed by atoms with van der Waals surface area (Å²) in [7, 11) is 0. The first-order valence-electron chi connectivity index (χ1n) is 3.93. The van der Waals surface area contributed by atoms with Gasteiger partial charge in [0.15, 0.2) is 0 Å². The summed E-state index contributed by atoms with van der Waals surface area (Å²) in [6, 6.07) is 1.58. The molecule has 78 valence electrons. The number of halogens is 2. The highest BCUT2D eigenvalue weighted by Crippen LogP contribution is 2.35. The largest absolute Gasteiger partial charge is 0.481 e. The first-order chi connectivity index (χ1) is 6.50. The third-order valence-electron chi connectivity index (χ3n) is 1.70. The number of rotatable bonds is 4. The number of nitrogens with two attached hydrogens (primary N) is 1. The molecule has 0 fully saturated rings. The topological polar surface area (TPSA) is 63.3 Å². The van der Waals surface area contributed by atoms with Crippen molar-refractivity contribution in [2.24, 2.45) is 5.73 Å². The van der Waals surface area contributed by atoms with Crippen molar-refractivity contribution in [3.63, 3.8) is 0 Å². The van der Waals surface area contributed by atoms with Gasteiger partial charge >= 0.3 is 5.97 Å². The second kappa shape index (κ2) is 5.11. The summed E-state index contributed by atoms with van der Waals surface area (Å²) in [6.45, 7) is 0. The van der Waals surface area contributed by atoms with Crippen molar-refractivity contribution >= 4 is 44.8 Å². The molecular weight excluding hydrogens is 290 g/mol. The van der Waals surface area contributed by atoms with E-state index >= 15 is 0 Å². The summed E-state index contributed by atoms with van der Waals surface area (Å²) in [5.74, 6) is -0.831. The zero-order valence-electron chi connectivity index (χ0n) is 7.17. The number of thiophene rings is 1. The predicted octanol–water partition coefficient (Wildman–Crippen LogP) is 3.03. The summed E-state index contributed by atoms with van der Waals surface area (Å²) in [5.41, 5.74) is 5.79. The zero-order valence-corrected chi connectivity index (χ0v) is 10.3. The Balaban J connectivity index is 2.60. The van der Waals surface area contributed by atoms with Crippen LogP contribution in [0, 0.1) is 0 Å². The summed E-state index contributed by atoms with van der Waals surface area (Å²) in [5, 5.41) is 8.48. The molecule has 1 aromatic heterocycles. The summed E-state index contributed by atoms with van der Waals surface area (Å²) in [6.07, 6.45) is 0.507. The molecule has 14 heavy (non-hydrogen) atoms. The molecule has 0 aliphatic carbocycles. The third-order valence-corrected chi connectivity index (χ3v) is 4.31. The van der Waals surface area contributed by atoms with E-state index < -0.39 is 5.97 Å². The van der Waals surface area contributed by atoms with Crippen LogP contribution in [0.1, 0.15) is 23.8 Å². The van der Waals surface area contributed by atoms with Crippen molar-refractivity contribution in [2.75, 3.05) is 0 Å². The molecule has 1 aromatic rings. The number of hydrogen-bond donors (Lipinski definition) is 2. The lowest BCUT2D eigenvalue weighted by atomic mass is 10.1. The quantitative estimate of drug-likeness (QED) is 0.898. The van der Waals surface area contributed by atoms with Crippen LogP contribution in [-0.2, 0) is 4.79 Å². The van der Waals surface area contributed by atoms with E-state index in [1.54, 1.807) is 0 Å². The van der Waals surface area contributed by atoms with Gasteiger partial charge in [-0.1, -0.05) is 11.6 Å². The third kappa shape index (κ3) is 3.24. The van der Waals surface area contributed by atoms with E-state index in [1.165, 1.54) is 11.3 Å². The Morgan fingerprint density at radius 3 is 2.86 bits per heavy atom. The lowest BCUT2D eigenvalue weighted by Crippen LogP contribution is -2.10. The van der Waals surface area contributed by atoms with Crippen LogP contribution >= 0.6 is 38.9 Å². The monoisotopic (exact) mass is 297 g/mol.